The van der Waals surface area contributed by atoms with Gasteiger partial charge in [0.25, 0.3) is 0 Å². The second-order valence-electron chi connectivity index (χ2n) is 4.60. The number of hydrogen-bond donors (Lipinski definition) is 1. The van der Waals surface area contributed by atoms with E-state index in [9.17, 15) is 0 Å². The SMILES string of the molecule is CCC1CCC(Cc2cccc(OC)c2)N1. The smallest absolute Gasteiger partial charge is 0.119 e. The summed E-state index contributed by atoms with van der Waals surface area (Å²) < 4.78 is 5.24. The van der Waals surface area contributed by atoms with E-state index in [1.165, 1.54) is 24.8 Å². The molecule has 0 radical (unpaired) electrons. The lowest BCUT2D eigenvalue weighted by molar-refractivity contribution is 0.414. The van der Waals surface area contributed by atoms with Crippen molar-refractivity contribution >= 4 is 0 Å². The fourth-order valence-corrected chi connectivity index (χ4v) is 2.47. The zero-order valence-electron chi connectivity index (χ0n) is 10.2. The summed E-state index contributed by atoms with van der Waals surface area (Å²) in [6.45, 7) is 2.26. The Balaban J connectivity index is 1.94. The van der Waals surface area contributed by atoms with Crippen LogP contribution in [0.4, 0.5) is 0 Å². The zero-order chi connectivity index (χ0) is 11.4. The Hall–Kier alpha value is -1.02. The third-order valence-electron chi connectivity index (χ3n) is 3.44. The van der Waals surface area contributed by atoms with Crippen LogP contribution < -0.4 is 10.1 Å². The molecule has 0 aliphatic carbocycles. The Kier molecular flexibility index (Phi) is 3.83. The highest BCUT2D eigenvalue weighted by atomic mass is 16.5. The van der Waals surface area contributed by atoms with Crippen LogP contribution in [-0.2, 0) is 6.42 Å². The van der Waals surface area contributed by atoms with Crippen molar-refractivity contribution in [2.24, 2.45) is 0 Å². The average molecular weight is 219 g/mol. The van der Waals surface area contributed by atoms with E-state index in [4.69, 9.17) is 4.74 Å². The van der Waals surface area contributed by atoms with E-state index >= 15 is 0 Å². The van der Waals surface area contributed by atoms with Crippen LogP contribution in [0.2, 0.25) is 0 Å². The Morgan fingerprint density at radius 2 is 2.12 bits per heavy atom. The quantitative estimate of drug-likeness (QED) is 0.840. The van der Waals surface area contributed by atoms with Crippen LogP contribution in [0.1, 0.15) is 31.7 Å². The molecule has 88 valence electrons. The van der Waals surface area contributed by atoms with Gasteiger partial charge in [-0.05, 0) is 43.4 Å². The third-order valence-corrected chi connectivity index (χ3v) is 3.44. The average Bonchev–Trinajstić information content (AvgIpc) is 2.77. The van der Waals surface area contributed by atoms with Gasteiger partial charge in [0.15, 0.2) is 0 Å². The predicted octanol–water partition coefficient (Wildman–Crippen LogP) is 2.77. The van der Waals surface area contributed by atoms with E-state index < -0.39 is 0 Å². The number of benzene rings is 1. The minimum atomic E-state index is 0.650. The monoisotopic (exact) mass is 219 g/mol. The Labute approximate surface area is 98.0 Å². The predicted molar refractivity (Wildman–Crippen MR) is 66.9 cm³/mol. The Bertz CT molecular complexity index is 337. The standard InChI is InChI=1S/C14H21NO/c1-3-12-7-8-13(15-12)9-11-5-4-6-14(10-11)16-2/h4-6,10,12-13,15H,3,7-9H2,1-2H3. The van der Waals surface area contributed by atoms with Crippen molar-refractivity contribution in [3.8, 4) is 5.75 Å². The minimum absolute atomic E-state index is 0.650. The lowest BCUT2D eigenvalue weighted by Gasteiger charge is -2.13. The molecule has 16 heavy (non-hydrogen) atoms. The molecule has 0 bridgehead atoms. The lowest BCUT2D eigenvalue weighted by atomic mass is 10.0. The van der Waals surface area contributed by atoms with Gasteiger partial charge >= 0.3 is 0 Å². The molecule has 0 amide bonds. The first kappa shape index (κ1) is 11.5. The normalized spacial score (nSPS) is 24.6. The molecule has 1 N–H and O–H groups in total. The van der Waals surface area contributed by atoms with Crippen molar-refractivity contribution < 1.29 is 4.74 Å². The first-order chi connectivity index (χ1) is 7.81. The van der Waals surface area contributed by atoms with Crippen LogP contribution in [0.5, 0.6) is 5.75 Å². The first-order valence-electron chi connectivity index (χ1n) is 6.20. The molecule has 2 nitrogen and oxygen atoms in total. The maximum Gasteiger partial charge on any atom is 0.119 e. The van der Waals surface area contributed by atoms with Crippen molar-refractivity contribution in [2.75, 3.05) is 7.11 Å². The van der Waals surface area contributed by atoms with Crippen LogP contribution in [0.25, 0.3) is 0 Å². The summed E-state index contributed by atoms with van der Waals surface area (Å²) in [4.78, 5) is 0. The van der Waals surface area contributed by atoms with Gasteiger partial charge < -0.3 is 10.1 Å². The summed E-state index contributed by atoms with van der Waals surface area (Å²) in [5.41, 5.74) is 1.37. The molecular weight excluding hydrogens is 198 g/mol. The molecule has 0 aromatic heterocycles. The van der Waals surface area contributed by atoms with Crippen molar-refractivity contribution in [3.05, 3.63) is 29.8 Å². The van der Waals surface area contributed by atoms with Gasteiger partial charge in [0, 0.05) is 12.1 Å². The molecule has 0 saturated carbocycles. The highest BCUT2D eigenvalue weighted by Crippen LogP contribution is 2.20. The van der Waals surface area contributed by atoms with Crippen LogP contribution in [-0.4, -0.2) is 19.2 Å². The molecule has 0 spiro atoms. The van der Waals surface area contributed by atoms with Gasteiger partial charge in [0.1, 0.15) is 5.75 Å². The summed E-state index contributed by atoms with van der Waals surface area (Å²) in [6.07, 6.45) is 4.99. The maximum absolute atomic E-state index is 5.24. The molecule has 1 saturated heterocycles. The molecule has 1 aliphatic heterocycles. The lowest BCUT2D eigenvalue weighted by Crippen LogP contribution is -2.30. The van der Waals surface area contributed by atoms with E-state index in [0.717, 1.165) is 18.2 Å². The van der Waals surface area contributed by atoms with Crippen LogP contribution in [0, 0.1) is 0 Å². The highest BCUT2D eigenvalue weighted by Gasteiger charge is 2.22. The van der Waals surface area contributed by atoms with Gasteiger partial charge in [-0.3, -0.25) is 0 Å². The molecule has 1 heterocycles. The Morgan fingerprint density at radius 3 is 2.81 bits per heavy atom. The first-order valence-corrected chi connectivity index (χ1v) is 6.20. The Morgan fingerprint density at radius 1 is 1.31 bits per heavy atom. The summed E-state index contributed by atoms with van der Waals surface area (Å²) in [5.74, 6) is 0.961. The van der Waals surface area contributed by atoms with E-state index in [2.05, 4.69) is 30.4 Å². The van der Waals surface area contributed by atoms with Crippen LogP contribution in [0.3, 0.4) is 0 Å². The molecule has 1 aliphatic rings. The molecule has 1 aromatic carbocycles. The topological polar surface area (TPSA) is 21.3 Å². The van der Waals surface area contributed by atoms with E-state index in [1.807, 2.05) is 6.07 Å². The van der Waals surface area contributed by atoms with Gasteiger partial charge in [0.2, 0.25) is 0 Å². The fraction of sp³-hybridized carbons (Fsp3) is 0.571. The van der Waals surface area contributed by atoms with Gasteiger partial charge in [-0.25, -0.2) is 0 Å². The summed E-state index contributed by atoms with van der Waals surface area (Å²) in [5, 5.41) is 3.69. The maximum atomic E-state index is 5.24. The minimum Gasteiger partial charge on any atom is -0.497 e. The number of hydrogen-bond acceptors (Lipinski definition) is 2. The van der Waals surface area contributed by atoms with Crippen molar-refractivity contribution in [2.45, 2.75) is 44.7 Å². The molecule has 2 unspecified atom stereocenters. The van der Waals surface area contributed by atoms with Gasteiger partial charge in [-0.15, -0.1) is 0 Å². The number of nitrogens with one attached hydrogen (secondary N) is 1. The second kappa shape index (κ2) is 5.35. The van der Waals surface area contributed by atoms with Crippen molar-refractivity contribution in [3.63, 3.8) is 0 Å². The second-order valence-corrected chi connectivity index (χ2v) is 4.60. The number of rotatable bonds is 4. The number of methoxy groups -OCH3 is 1. The fourth-order valence-electron chi connectivity index (χ4n) is 2.47. The highest BCUT2D eigenvalue weighted by molar-refractivity contribution is 5.29. The summed E-state index contributed by atoms with van der Waals surface area (Å²) >= 11 is 0. The number of ether oxygens (including phenoxy) is 1. The van der Waals surface area contributed by atoms with Gasteiger partial charge in [-0.2, -0.15) is 0 Å². The molecule has 2 atom stereocenters. The molecule has 1 aromatic rings. The van der Waals surface area contributed by atoms with Crippen molar-refractivity contribution in [1.29, 1.82) is 0 Å². The van der Waals surface area contributed by atoms with E-state index in [0.29, 0.717) is 6.04 Å². The van der Waals surface area contributed by atoms with E-state index in [-0.39, 0.29) is 0 Å². The van der Waals surface area contributed by atoms with Crippen LogP contribution in [0.15, 0.2) is 24.3 Å². The molecule has 1 fully saturated rings. The van der Waals surface area contributed by atoms with Gasteiger partial charge in [0.05, 0.1) is 7.11 Å². The molecular formula is C14H21NO. The zero-order valence-corrected chi connectivity index (χ0v) is 10.2. The van der Waals surface area contributed by atoms with Crippen LogP contribution >= 0.6 is 0 Å². The molecule has 2 rings (SSSR count). The largest absolute Gasteiger partial charge is 0.497 e. The molecule has 2 heteroatoms. The van der Waals surface area contributed by atoms with E-state index in [1.54, 1.807) is 7.11 Å². The summed E-state index contributed by atoms with van der Waals surface area (Å²) in [7, 11) is 1.72. The van der Waals surface area contributed by atoms with Crippen molar-refractivity contribution in [1.82, 2.24) is 5.32 Å². The van der Waals surface area contributed by atoms with Gasteiger partial charge in [-0.1, -0.05) is 19.1 Å². The summed E-state index contributed by atoms with van der Waals surface area (Å²) in [6, 6.07) is 9.78. The third kappa shape index (κ3) is 2.76.